The summed E-state index contributed by atoms with van der Waals surface area (Å²) < 4.78 is 0. The lowest BCUT2D eigenvalue weighted by molar-refractivity contribution is 0.101. The van der Waals surface area contributed by atoms with E-state index in [4.69, 9.17) is 0 Å². The molecule has 0 unspecified atom stereocenters. The standard InChI is InChI=1S/C13H12O/c1-9-8-11-6-4-3-5-7-12(11)13(9)10(2)14/h3-8H,1-2H3. The van der Waals surface area contributed by atoms with E-state index < -0.39 is 0 Å². The Balaban J connectivity index is 2.77. The van der Waals surface area contributed by atoms with Gasteiger partial charge in [-0.15, -0.1) is 0 Å². The van der Waals surface area contributed by atoms with E-state index in [1.807, 2.05) is 37.3 Å². The average Bonchev–Trinajstić information content (AvgIpc) is 2.31. The first kappa shape index (κ1) is 8.95. The lowest BCUT2D eigenvalue weighted by atomic mass is 10.1. The van der Waals surface area contributed by atoms with Crippen molar-refractivity contribution in [2.75, 3.05) is 0 Å². The predicted octanol–water partition coefficient (Wildman–Crippen LogP) is 3.30. The van der Waals surface area contributed by atoms with E-state index in [1.54, 1.807) is 6.92 Å². The van der Waals surface area contributed by atoms with E-state index in [0.717, 1.165) is 22.3 Å². The van der Waals surface area contributed by atoms with Crippen LogP contribution in [0.1, 0.15) is 22.8 Å². The van der Waals surface area contributed by atoms with E-state index in [0.29, 0.717) is 0 Å². The van der Waals surface area contributed by atoms with Gasteiger partial charge in [-0.05, 0) is 30.5 Å². The highest BCUT2D eigenvalue weighted by Gasteiger charge is 2.14. The second-order valence-electron chi connectivity index (χ2n) is 3.54. The van der Waals surface area contributed by atoms with Crippen LogP contribution in [0.3, 0.4) is 0 Å². The molecule has 14 heavy (non-hydrogen) atoms. The van der Waals surface area contributed by atoms with Gasteiger partial charge in [0.25, 0.3) is 0 Å². The van der Waals surface area contributed by atoms with Crippen LogP contribution in [0, 0.1) is 6.92 Å². The largest absolute Gasteiger partial charge is 0.294 e. The molecule has 0 amide bonds. The zero-order valence-corrected chi connectivity index (χ0v) is 8.37. The van der Waals surface area contributed by atoms with Crippen molar-refractivity contribution in [3.05, 3.63) is 47.5 Å². The third-order valence-corrected chi connectivity index (χ3v) is 2.46. The van der Waals surface area contributed by atoms with Crippen LogP contribution < -0.4 is 0 Å². The fourth-order valence-corrected chi connectivity index (χ4v) is 1.90. The van der Waals surface area contributed by atoms with Crippen LogP contribution in [-0.2, 0) is 0 Å². The van der Waals surface area contributed by atoms with Crippen molar-refractivity contribution < 1.29 is 4.79 Å². The summed E-state index contributed by atoms with van der Waals surface area (Å²) in [4.78, 5) is 11.4. The summed E-state index contributed by atoms with van der Waals surface area (Å²) in [5, 5.41) is 0. The highest BCUT2D eigenvalue weighted by Crippen LogP contribution is 2.30. The van der Waals surface area contributed by atoms with Gasteiger partial charge in [0, 0.05) is 5.56 Å². The Kier molecular flexibility index (Phi) is 2.08. The summed E-state index contributed by atoms with van der Waals surface area (Å²) in [6.45, 7) is 3.60. The Bertz CT molecular complexity index is 457. The molecule has 0 radical (unpaired) electrons. The fourth-order valence-electron chi connectivity index (χ4n) is 1.90. The van der Waals surface area contributed by atoms with E-state index in [9.17, 15) is 4.79 Å². The molecule has 0 saturated carbocycles. The smallest absolute Gasteiger partial charge is 0.160 e. The number of fused-ring (bicyclic) bond motifs is 1. The second-order valence-corrected chi connectivity index (χ2v) is 3.54. The molecule has 0 aliphatic heterocycles. The lowest BCUT2D eigenvalue weighted by Gasteiger charge is -1.97. The van der Waals surface area contributed by atoms with Gasteiger partial charge in [-0.25, -0.2) is 0 Å². The molecule has 70 valence electrons. The molecular weight excluding hydrogens is 172 g/mol. The van der Waals surface area contributed by atoms with Crippen molar-refractivity contribution in [2.45, 2.75) is 13.8 Å². The minimum atomic E-state index is 0.142. The molecule has 2 aliphatic carbocycles. The minimum absolute atomic E-state index is 0.142. The molecule has 0 aromatic heterocycles. The van der Waals surface area contributed by atoms with E-state index in [-0.39, 0.29) is 5.78 Å². The topological polar surface area (TPSA) is 17.1 Å². The van der Waals surface area contributed by atoms with Crippen LogP contribution in [0.25, 0.3) is 11.1 Å². The van der Waals surface area contributed by atoms with Gasteiger partial charge in [0.15, 0.2) is 5.78 Å². The number of ketones is 1. The number of aryl methyl sites for hydroxylation is 1. The normalized spacial score (nSPS) is 10.4. The first-order valence-corrected chi connectivity index (χ1v) is 4.69. The lowest BCUT2D eigenvalue weighted by Crippen LogP contribution is -1.92. The zero-order valence-electron chi connectivity index (χ0n) is 8.37. The van der Waals surface area contributed by atoms with Gasteiger partial charge < -0.3 is 0 Å². The summed E-state index contributed by atoms with van der Waals surface area (Å²) in [5.41, 5.74) is 4.12. The molecule has 0 saturated heterocycles. The third kappa shape index (κ3) is 1.31. The van der Waals surface area contributed by atoms with Gasteiger partial charge in [-0.2, -0.15) is 0 Å². The summed E-state index contributed by atoms with van der Waals surface area (Å²) in [6, 6.07) is 12.0. The van der Waals surface area contributed by atoms with Crippen LogP contribution in [-0.4, -0.2) is 5.78 Å². The maximum absolute atomic E-state index is 11.4. The molecule has 0 fully saturated rings. The molecule has 2 rings (SSSR count). The molecule has 0 bridgehead atoms. The maximum atomic E-state index is 11.4. The first-order valence-electron chi connectivity index (χ1n) is 4.69. The van der Waals surface area contributed by atoms with E-state index in [2.05, 4.69) is 6.07 Å². The van der Waals surface area contributed by atoms with Gasteiger partial charge >= 0.3 is 0 Å². The van der Waals surface area contributed by atoms with E-state index >= 15 is 0 Å². The highest BCUT2D eigenvalue weighted by atomic mass is 16.1. The molecule has 1 nitrogen and oxygen atoms in total. The number of rotatable bonds is 1. The minimum Gasteiger partial charge on any atom is -0.294 e. The monoisotopic (exact) mass is 184 g/mol. The summed E-state index contributed by atoms with van der Waals surface area (Å²) in [7, 11) is 0. The van der Waals surface area contributed by atoms with Crippen molar-refractivity contribution in [1.82, 2.24) is 0 Å². The van der Waals surface area contributed by atoms with Gasteiger partial charge in [-0.3, -0.25) is 4.79 Å². The summed E-state index contributed by atoms with van der Waals surface area (Å²) in [5.74, 6) is 0.142. The van der Waals surface area contributed by atoms with Crippen molar-refractivity contribution >= 4 is 5.78 Å². The average molecular weight is 184 g/mol. The Hall–Kier alpha value is -1.63. The van der Waals surface area contributed by atoms with Crippen molar-refractivity contribution in [3.63, 3.8) is 0 Å². The zero-order chi connectivity index (χ0) is 10.1. The molecule has 0 aromatic rings. The summed E-state index contributed by atoms with van der Waals surface area (Å²) >= 11 is 0. The quantitative estimate of drug-likeness (QED) is 0.621. The van der Waals surface area contributed by atoms with Crippen molar-refractivity contribution in [2.24, 2.45) is 0 Å². The van der Waals surface area contributed by atoms with Crippen LogP contribution in [0.2, 0.25) is 0 Å². The van der Waals surface area contributed by atoms with Crippen LogP contribution in [0.4, 0.5) is 0 Å². The Morgan fingerprint density at radius 2 is 1.86 bits per heavy atom. The number of Topliss-reactive ketones (excluding diaryl/α,β-unsaturated/α-hetero) is 1. The van der Waals surface area contributed by atoms with Crippen LogP contribution in [0.15, 0.2) is 36.4 Å². The third-order valence-electron chi connectivity index (χ3n) is 2.46. The Morgan fingerprint density at radius 3 is 2.57 bits per heavy atom. The number of carbonyl (C=O) groups is 1. The summed E-state index contributed by atoms with van der Waals surface area (Å²) in [6.07, 6.45) is 0. The molecule has 0 atom stereocenters. The van der Waals surface area contributed by atoms with Gasteiger partial charge in [0.05, 0.1) is 0 Å². The molecule has 0 spiro atoms. The maximum Gasteiger partial charge on any atom is 0.160 e. The van der Waals surface area contributed by atoms with Gasteiger partial charge in [0.2, 0.25) is 0 Å². The first-order chi connectivity index (χ1) is 6.70. The van der Waals surface area contributed by atoms with Crippen molar-refractivity contribution in [1.29, 1.82) is 0 Å². The molecule has 0 N–H and O–H groups in total. The number of hydrogen-bond donors (Lipinski definition) is 0. The van der Waals surface area contributed by atoms with Crippen molar-refractivity contribution in [3.8, 4) is 11.1 Å². The molecule has 0 aromatic carbocycles. The molecule has 1 heteroatoms. The van der Waals surface area contributed by atoms with Gasteiger partial charge in [0.1, 0.15) is 0 Å². The molecular formula is C13H12O. The highest BCUT2D eigenvalue weighted by molar-refractivity contribution is 6.03. The fraction of sp³-hybridized carbons (Fsp3) is 0.154. The van der Waals surface area contributed by atoms with Crippen LogP contribution >= 0.6 is 0 Å². The number of carbonyl (C=O) groups excluding carboxylic acids is 1. The Labute approximate surface area is 83.7 Å². The molecule has 0 heterocycles. The Morgan fingerprint density at radius 1 is 1.14 bits per heavy atom. The predicted molar refractivity (Wildman–Crippen MR) is 57.8 cm³/mol. The van der Waals surface area contributed by atoms with Crippen LogP contribution in [0.5, 0.6) is 0 Å². The SMILES string of the molecule is CC(=O)c1c(C)cc2cccccc1-2. The second kappa shape index (κ2) is 3.26. The number of hydrogen-bond acceptors (Lipinski definition) is 1. The van der Waals surface area contributed by atoms with E-state index in [1.165, 1.54) is 0 Å². The molecule has 2 aliphatic rings. The van der Waals surface area contributed by atoms with Gasteiger partial charge in [-0.1, -0.05) is 36.4 Å².